The lowest BCUT2D eigenvalue weighted by Gasteiger charge is -2.30. The summed E-state index contributed by atoms with van der Waals surface area (Å²) >= 11 is 0. The van der Waals surface area contributed by atoms with Gasteiger partial charge in [0.2, 0.25) is 5.91 Å². The molecule has 9 heteroatoms. The number of piperidine rings is 1. The molecule has 0 radical (unpaired) electrons. The van der Waals surface area contributed by atoms with Gasteiger partial charge in [-0.25, -0.2) is 4.39 Å². The molecule has 3 aliphatic rings. The Balaban J connectivity index is 1.02. The van der Waals surface area contributed by atoms with Crippen LogP contribution in [0.25, 0.3) is 0 Å². The Morgan fingerprint density at radius 1 is 1.27 bits per heavy atom. The van der Waals surface area contributed by atoms with E-state index in [1.54, 1.807) is 24.1 Å². The summed E-state index contributed by atoms with van der Waals surface area (Å²) in [5, 5.41) is 4.09. The molecule has 1 saturated carbocycles. The first kappa shape index (κ1) is 25.9. The second-order valence-electron chi connectivity index (χ2n) is 11.2. The first-order valence-electron chi connectivity index (χ1n) is 13.7. The standard InChI is InChI=1S/C28H39FN4O4/c1-18(2)27-30-28(37-31-27)33-10-6-19(7-11-33)24-14-20(24)8-13-36-23-5-4-21(25(29)16-23)15-26(34)32(3)22-9-12-35-17-22/h4-5,16,18-20,22,24H,6-15,17H2,1-3H3/t20-,22?,24-/m1/s1. The Bertz CT molecular complexity index is 1060. The van der Waals surface area contributed by atoms with Crippen LogP contribution in [0.5, 0.6) is 5.75 Å². The summed E-state index contributed by atoms with van der Waals surface area (Å²) in [4.78, 5) is 21.0. The molecule has 2 aromatic rings. The van der Waals surface area contributed by atoms with Gasteiger partial charge in [0.15, 0.2) is 5.82 Å². The number of carbonyl (C=O) groups is 1. The fraction of sp³-hybridized carbons (Fsp3) is 0.679. The average molecular weight is 515 g/mol. The van der Waals surface area contributed by atoms with Crippen molar-refractivity contribution in [2.24, 2.45) is 17.8 Å². The zero-order chi connectivity index (χ0) is 25.9. The van der Waals surface area contributed by atoms with E-state index in [4.69, 9.17) is 14.0 Å². The highest BCUT2D eigenvalue weighted by Gasteiger charge is 2.43. The molecule has 2 aliphatic heterocycles. The molecule has 3 heterocycles. The molecule has 2 saturated heterocycles. The summed E-state index contributed by atoms with van der Waals surface area (Å²) in [6.07, 6.45) is 5.42. The van der Waals surface area contributed by atoms with Gasteiger partial charge in [-0.15, -0.1) is 0 Å². The maximum atomic E-state index is 14.7. The van der Waals surface area contributed by atoms with Crippen molar-refractivity contribution in [2.75, 3.05) is 44.9 Å². The number of likely N-dealkylation sites (N-methyl/N-ethyl adjacent to an activating group) is 1. The summed E-state index contributed by atoms with van der Waals surface area (Å²) in [5.41, 5.74) is 0.401. The molecule has 37 heavy (non-hydrogen) atoms. The summed E-state index contributed by atoms with van der Waals surface area (Å²) < 4.78 is 31.3. The van der Waals surface area contributed by atoms with Crippen LogP contribution in [-0.4, -0.2) is 66.9 Å². The van der Waals surface area contributed by atoms with Gasteiger partial charge in [-0.3, -0.25) is 4.79 Å². The minimum absolute atomic E-state index is 0.0487. The number of rotatable bonds is 10. The molecular weight excluding hydrogens is 475 g/mol. The maximum Gasteiger partial charge on any atom is 0.324 e. The molecule has 0 bridgehead atoms. The highest BCUT2D eigenvalue weighted by molar-refractivity contribution is 5.79. The lowest BCUT2D eigenvalue weighted by molar-refractivity contribution is -0.131. The predicted molar refractivity (Wildman–Crippen MR) is 137 cm³/mol. The molecular formula is C28H39FN4O4. The van der Waals surface area contributed by atoms with Crippen molar-refractivity contribution in [1.82, 2.24) is 15.0 Å². The zero-order valence-electron chi connectivity index (χ0n) is 22.2. The van der Waals surface area contributed by atoms with Crippen LogP contribution in [-0.2, 0) is 16.0 Å². The number of nitrogens with zero attached hydrogens (tertiary/aromatic N) is 4. The number of hydrogen-bond donors (Lipinski definition) is 0. The molecule has 8 nitrogen and oxygen atoms in total. The van der Waals surface area contributed by atoms with Crippen molar-refractivity contribution in [3.63, 3.8) is 0 Å². The van der Waals surface area contributed by atoms with Gasteiger partial charge in [0, 0.05) is 38.7 Å². The second-order valence-corrected chi connectivity index (χ2v) is 11.2. The Morgan fingerprint density at radius 3 is 2.76 bits per heavy atom. The van der Waals surface area contributed by atoms with E-state index < -0.39 is 0 Å². The first-order chi connectivity index (χ1) is 17.9. The molecule has 1 aliphatic carbocycles. The Kier molecular flexibility index (Phi) is 7.98. The van der Waals surface area contributed by atoms with Gasteiger partial charge >= 0.3 is 6.01 Å². The second kappa shape index (κ2) is 11.4. The quantitative estimate of drug-likeness (QED) is 0.464. The molecule has 1 unspecified atom stereocenters. The summed E-state index contributed by atoms with van der Waals surface area (Å²) in [6, 6.07) is 5.58. The monoisotopic (exact) mass is 514 g/mol. The Morgan fingerprint density at radius 2 is 2.08 bits per heavy atom. The van der Waals surface area contributed by atoms with Crippen molar-refractivity contribution >= 4 is 11.9 Å². The van der Waals surface area contributed by atoms with E-state index in [-0.39, 0.29) is 30.1 Å². The minimum atomic E-state index is -0.389. The Hall–Kier alpha value is -2.68. The number of halogens is 1. The third-order valence-corrected chi connectivity index (χ3v) is 8.31. The lowest BCUT2D eigenvalue weighted by atomic mass is 9.90. The molecule has 1 aromatic carbocycles. The van der Waals surface area contributed by atoms with E-state index in [2.05, 4.69) is 28.9 Å². The molecule has 0 spiro atoms. The van der Waals surface area contributed by atoms with E-state index in [1.165, 1.54) is 12.5 Å². The normalized spacial score (nSPS) is 24.0. The summed E-state index contributed by atoms with van der Waals surface area (Å²) in [5.74, 6) is 3.26. The van der Waals surface area contributed by atoms with Crippen LogP contribution in [0.3, 0.4) is 0 Å². The zero-order valence-corrected chi connectivity index (χ0v) is 22.2. The van der Waals surface area contributed by atoms with Gasteiger partial charge in [0.05, 0.1) is 25.7 Å². The van der Waals surface area contributed by atoms with Gasteiger partial charge in [-0.1, -0.05) is 25.1 Å². The van der Waals surface area contributed by atoms with Crippen molar-refractivity contribution in [2.45, 2.75) is 64.3 Å². The van der Waals surface area contributed by atoms with Crippen molar-refractivity contribution in [1.29, 1.82) is 0 Å². The van der Waals surface area contributed by atoms with Gasteiger partial charge in [0.1, 0.15) is 11.6 Å². The smallest absolute Gasteiger partial charge is 0.324 e. The number of hydrogen-bond acceptors (Lipinski definition) is 7. The molecule has 3 fully saturated rings. The van der Waals surface area contributed by atoms with Gasteiger partial charge in [-0.05, 0) is 61.5 Å². The maximum absolute atomic E-state index is 14.7. The van der Waals surface area contributed by atoms with Gasteiger partial charge in [-0.2, -0.15) is 4.98 Å². The van der Waals surface area contributed by atoms with Crippen LogP contribution >= 0.6 is 0 Å². The highest BCUT2D eigenvalue weighted by atomic mass is 19.1. The van der Waals surface area contributed by atoms with Crippen LogP contribution in [0.2, 0.25) is 0 Å². The lowest BCUT2D eigenvalue weighted by Crippen LogP contribution is -2.38. The number of carbonyl (C=O) groups excluding carboxylic acids is 1. The first-order valence-corrected chi connectivity index (χ1v) is 13.7. The SMILES string of the molecule is CC(C)c1noc(N2CCC([C@H]3C[C@H]3CCOc3ccc(CC(=O)N(C)C4CCOC4)c(F)c3)CC2)n1. The van der Waals surface area contributed by atoms with Crippen LogP contribution < -0.4 is 9.64 Å². The number of ether oxygens (including phenoxy) is 2. The average Bonchev–Trinajstić information content (AvgIpc) is 3.27. The molecule has 202 valence electrons. The molecule has 1 aromatic heterocycles. The van der Waals surface area contributed by atoms with Crippen LogP contribution in [0.4, 0.5) is 10.4 Å². The van der Waals surface area contributed by atoms with Gasteiger partial charge < -0.3 is 23.8 Å². The molecule has 1 amide bonds. The molecule has 3 atom stereocenters. The third-order valence-electron chi connectivity index (χ3n) is 8.31. The van der Waals surface area contributed by atoms with Crippen LogP contribution in [0.1, 0.15) is 63.3 Å². The number of benzene rings is 1. The Labute approximate surface area is 218 Å². The van der Waals surface area contributed by atoms with Gasteiger partial charge in [0.25, 0.3) is 0 Å². The molecule has 5 rings (SSSR count). The minimum Gasteiger partial charge on any atom is -0.493 e. The number of anilines is 1. The van der Waals surface area contributed by atoms with E-state index in [0.29, 0.717) is 43.1 Å². The van der Waals surface area contributed by atoms with Crippen molar-refractivity contribution < 1.29 is 23.2 Å². The predicted octanol–water partition coefficient (Wildman–Crippen LogP) is 4.44. The highest BCUT2D eigenvalue weighted by Crippen LogP contribution is 2.50. The van der Waals surface area contributed by atoms with E-state index >= 15 is 0 Å². The van der Waals surface area contributed by atoms with Crippen LogP contribution in [0, 0.1) is 23.6 Å². The van der Waals surface area contributed by atoms with E-state index in [1.807, 2.05) is 0 Å². The van der Waals surface area contributed by atoms with E-state index in [9.17, 15) is 9.18 Å². The van der Waals surface area contributed by atoms with E-state index in [0.717, 1.165) is 56.4 Å². The topological polar surface area (TPSA) is 80.9 Å². The third kappa shape index (κ3) is 6.25. The van der Waals surface area contributed by atoms with Crippen LogP contribution in [0.15, 0.2) is 22.7 Å². The summed E-state index contributed by atoms with van der Waals surface area (Å²) in [7, 11) is 1.77. The number of aromatic nitrogens is 2. The fourth-order valence-corrected chi connectivity index (χ4v) is 5.70. The molecule has 0 N–H and O–H groups in total. The fourth-order valence-electron chi connectivity index (χ4n) is 5.70. The number of amides is 1. The van der Waals surface area contributed by atoms with Crippen molar-refractivity contribution in [3.05, 3.63) is 35.4 Å². The van der Waals surface area contributed by atoms with Crippen molar-refractivity contribution in [3.8, 4) is 5.75 Å². The largest absolute Gasteiger partial charge is 0.493 e. The summed E-state index contributed by atoms with van der Waals surface area (Å²) in [6.45, 7) is 7.87.